The molecule has 0 saturated carbocycles. The number of aromatic amines is 1. The molecular weight excluding hydrogens is 352 g/mol. The first kappa shape index (κ1) is 18.2. The standard InChI is InChI=1S/C18H16F4N2O2/c1-10(2)25-16(11-3-6-13(7-4-11)26-18(20,21)22)17-23-14-8-5-12(19)9-15(14)24-17/h3-10,16H,1-2H3,(H,23,24). The number of rotatable bonds is 5. The zero-order chi connectivity index (χ0) is 18.9. The first-order chi connectivity index (χ1) is 12.2. The van der Waals surface area contributed by atoms with E-state index in [9.17, 15) is 17.6 Å². The summed E-state index contributed by atoms with van der Waals surface area (Å²) < 4.78 is 60.0. The molecule has 0 aliphatic carbocycles. The number of nitrogens with zero attached hydrogens (tertiary/aromatic N) is 1. The number of halogens is 4. The molecule has 3 aromatic rings. The molecule has 26 heavy (non-hydrogen) atoms. The molecule has 0 aliphatic rings. The van der Waals surface area contributed by atoms with E-state index in [1.165, 1.54) is 42.5 Å². The van der Waals surface area contributed by atoms with Crippen LogP contribution in [0.5, 0.6) is 5.75 Å². The van der Waals surface area contributed by atoms with E-state index in [4.69, 9.17) is 4.74 Å². The largest absolute Gasteiger partial charge is 0.573 e. The predicted molar refractivity (Wildman–Crippen MR) is 87.2 cm³/mol. The molecule has 4 nitrogen and oxygen atoms in total. The molecule has 0 fully saturated rings. The molecule has 1 unspecified atom stereocenters. The molecule has 0 amide bonds. The van der Waals surface area contributed by atoms with Crippen LogP contribution in [0.3, 0.4) is 0 Å². The first-order valence-corrected chi connectivity index (χ1v) is 7.87. The Morgan fingerprint density at radius 1 is 1.04 bits per heavy atom. The molecule has 2 aromatic carbocycles. The summed E-state index contributed by atoms with van der Waals surface area (Å²) in [4.78, 5) is 7.41. The molecule has 0 aliphatic heterocycles. The lowest BCUT2D eigenvalue weighted by Crippen LogP contribution is -2.17. The van der Waals surface area contributed by atoms with Crippen LogP contribution in [0, 0.1) is 5.82 Å². The van der Waals surface area contributed by atoms with E-state index >= 15 is 0 Å². The second kappa shape index (κ2) is 6.95. The molecule has 0 saturated heterocycles. The van der Waals surface area contributed by atoms with Crippen molar-refractivity contribution in [1.82, 2.24) is 9.97 Å². The van der Waals surface area contributed by atoms with Crippen molar-refractivity contribution >= 4 is 11.0 Å². The molecule has 1 atom stereocenters. The van der Waals surface area contributed by atoms with Gasteiger partial charge in [0.25, 0.3) is 0 Å². The molecule has 3 rings (SSSR count). The Labute approximate surface area is 146 Å². The minimum Gasteiger partial charge on any atom is -0.406 e. The molecule has 8 heteroatoms. The Balaban J connectivity index is 1.94. The summed E-state index contributed by atoms with van der Waals surface area (Å²) in [5, 5.41) is 0. The summed E-state index contributed by atoms with van der Waals surface area (Å²) in [7, 11) is 0. The van der Waals surface area contributed by atoms with Gasteiger partial charge in [-0.1, -0.05) is 12.1 Å². The van der Waals surface area contributed by atoms with Gasteiger partial charge in [-0.3, -0.25) is 0 Å². The number of hydrogen-bond acceptors (Lipinski definition) is 3. The topological polar surface area (TPSA) is 47.1 Å². The van der Waals surface area contributed by atoms with Gasteiger partial charge in [-0.05, 0) is 49.7 Å². The van der Waals surface area contributed by atoms with Gasteiger partial charge < -0.3 is 14.5 Å². The van der Waals surface area contributed by atoms with Crippen molar-refractivity contribution in [2.75, 3.05) is 0 Å². The quantitative estimate of drug-likeness (QED) is 0.636. The normalized spacial score (nSPS) is 13.3. The smallest absolute Gasteiger partial charge is 0.406 e. The Bertz CT molecular complexity index is 888. The van der Waals surface area contributed by atoms with Crippen LogP contribution in [0.15, 0.2) is 42.5 Å². The van der Waals surface area contributed by atoms with Crippen LogP contribution in [0.1, 0.15) is 31.3 Å². The number of hydrogen-bond donors (Lipinski definition) is 1. The highest BCUT2D eigenvalue weighted by molar-refractivity contribution is 5.75. The number of H-pyrrole nitrogens is 1. The fraction of sp³-hybridized carbons (Fsp3) is 0.278. The van der Waals surface area contributed by atoms with Gasteiger partial charge in [-0.2, -0.15) is 0 Å². The Morgan fingerprint density at radius 2 is 1.73 bits per heavy atom. The average Bonchev–Trinajstić information content (AvgIpc) is 2.94. The van der Waals surface area contributed by atoms with E-state index in [2.05, 4.69) is 14.7 Å². The molecule has 1 heterocycles. The average molecular weight is 368 g/mol. The van der Waals surface area contributed by atoms with E-state index in [-0.39, 0.29) is 11.9 Å². The van der Waals surface area contributed by atoms with Crippen molar-refractivity contribution in [2.45, 2.75) is 32.4 Å². The maximum atomic E-state index is 13.4. The van der Waals surface area contributed by atoms with Crippen molar-refractivity contribution in [3.05, 3.63) is 59.7 Å². The third-order valence-electron chi connectivity index (χ3n) is 3.54. The van der Waals surface area contributed by atoms with Gasteiger partial charge in [-0.15, -0.1) is 13.2 Å². The van der Waals surface area contributed by atoms with Crippen LogP contribution in [-0.4, -0.2) is 22.4 Å². The zero-order valence-electron chi connectivity index (χ0n) is 14.0. The van der Waals surface area contributed by atoms with Gasteiger partial charge in [0.05, 0.1) is 17.1 Å². The van der Waals surface area contributed by atoms with Crippen molar-refractivity contribution in [2.24, 2.45) is 0 Å². The minimum absolute atomic E-state index is 0.170. The highest BCUT2D eigenvalue weighted by atomic mass is 19.4. The van der Waals surface area contributed by atoms with Gasteiger partial charge in [0, 0.05) is 0 Å². The lowest BCUT2D eigenvalue weighted by molar-refractivity contribution is -0.274. The number of alkyl halides is 3. The lowest BCUT2D eigenvalue weighted by Gasteiger charge is -2.19. The van der Waals surface area contributed by atoms with Gasteiger partial charge in [-0.25, -0.2) is 9.37 Å². The van der Waals surface area contributed by atoms with Gasteiger partial charge in [0.2, 0.25) is 0 Å². The predicted octanol–water partition coefficient (Wildman–Crippen LogP) is 5.12. The van der Waals surface area contributed by atoms with E-state index in [0.717, 1.165) is 0 Å². The molecule has 0 spiro atoms. The number of nitrogens with one attached hydrogen (secondary N) is 1. The molecular formula is C18H16F4N2O2. The Morgan fingerprint density at radius 3 is 2.35 bits per heavy atom. The van der Waals surface area contributed by atoms with Crippen molar-refractivity contribution in [3.8, 4) is 5.75 Å². The highest BCUT2D eigenvalue weighted by Crippen LogP contribution is 2.30. The summed E-state index contributed by atoms with van der Waals surface area (Å²) in [6.07, 6.45) is -5.57. The van der Waals surface area contributed by atoms with E-state index in [1.807, 2.05) is 13.8 Å². The van der Waals surface area contributed by atoms with E-state index in [0.29, 0.717) is 22.4 Å². The summed E-state index contributed by atoms with van der Waals surface area (Å²) in [6, 6.07) is 9.53. The fourth-order valence-electron chi connectivity index (χ4n) is 2.54. The third-order valence-corrected chi connectivity index (χ3v) is 3.54. The van der Waals surface area contributed by atoms with E-state index < -0.39 is 18.3 Å². The van der Waals surface area contributed by atoms with Crippen LogP contribution >= 0.6 is 0 Å². The minimum atomic E-state index is -4.75. The molecule has 0 radical (unpaired) electrons. The summed E-state index contributed by atoms with van der Waals surface area (Å²) in [6.45, 7) is 3.66. The number of ether oxygens (including phenoxy) is 2. The van der Waals surface area contributed by atoms with E-state index in [1.54, 1.807) is 0 Å². The summed E-state index contributed by atoms with van der Waals surface area (Å²) in [5.74, 6) is -0.289. The van der Waals surface area contributed by atoms with Gasteiger partial charge in [0.1, 0.15) is 23.5 Å². The Hall–Kier alpha value is -2.61. The number of fused-ring (bicyclic) bond motifs is 1. The van der Waals surface area contributed by atoms with Crippen LogP contribution in [0.4, 0.5) is 17.6 Å². The second-order valence-electron chi connectivity index (χ2n) is 5.97. The molecule has 1 aromatic heterocycles. The molecule has 1 N–H and O–H groups in total. The summed E-state index contributed by atoms with van der Waals surface area (Å²) >= 11 is 0. The summed E-state index contributed by atoms with van der Waals surface area (Å²) in [5.41, 5.74) is 1.66. The fourth-order valence-corrected chi connectivity index (χ4v) is 2.54. The molecule has 0 bridgehead atoms. The van der Waals surface area contributed by atoms with Crippen molar-refractivity contribution in [1.29, 1.82) is 0 Å². The highest BCUT2D eigenvalue weighted by Gasteiger charge is 2.31. The maximum absolute atomic E-state index is 13.4. The molecule has 138 valence electrons. The van der Waals surface area contributed by atoms with Gasteiger partial charge >= 0.3 is 6.36 Å². The maximum Gasteiger partial charge on any atom is 0.573 e. The third kappa shape index (κ3) is 4.32. The van der Waals surface area contributed by atoms with Crippen LogP contribution in [-0.2, 0) is 4.74 Å². The SMILES string of the molecule is CC(C)OC(c1ccc(OC(F)(F)F)cc1)c1nc2ccc(F)cc2[nH]1. The number of imidazole rings is 1. The Kier molecular flexibility index (Phi) is 4.86. The van der Waals surface area contributed by atoms with Crippen LogP contribution in [0.25, 0.3) is 11.0 Å². The second-order valence-corrected chi connectivity index (χ2v) is 5.97. The number of benzene rings is 2. The monoisotopic (exact) mass is 368 g/mol. The van der Waals surface area contributed by atoms with Crippen LogP contribution in [0.2, 0.25) is 0 Å². The zero-order valence-corrected chi connectivity index (χ0v) is 14.0. The number of aromatic nitrogens is 2. The first-order valence-electron chi connectivity index (χ1n) is 7.87. The van der Waals surface area contributed by atoms with Crippen molar-refractivity contribution < 1.29 is 27.0 Å². The van der Waals surface area contributed by atoms with Crippen LogP contribution < -0.4 is 4.74 Å². The van der Waals surface area contributed by atoms with Gasteiger partial charge in [0.15, 0.2) is 0 Å². The van der Waals surface area contributed by atoms with Crippen molar-refractivity contribution in [3.63, 3.8) is 0 Å². The lowest BCUT2D eigenvalue weighted by atomic mass is 10.1.